The summed E-state index contributed by atoms with van der Waals surface area (Å²) < 4.78 is 81.5. The monoisotopic (exact) mass is 541 g/mol. The van der Waals surface area contributed by atoms with Crippen molar-refractivity contribution in [2.24, 2.45) is 0 Å². The molecule has 5 rings (SSSR count). The highest BCUT2D eigenvalue weighted by atomic mass is 32.2. The molecule has 1 aromatic carbocycles. The Morgan fingerprint density at radius 3 is 2.72 bits per heavy atom. The zero-order chi connectivity index (χ0) is 25.8. The summed E-state index contributed by atoms with van der Waals surface area (Å²) in [5.74, 6) is -1.88. The lowest BCUT2D eigenvalue weighted by Gasteiger charge is -2.19. The summed E-state index contributed by atoms with van der Waals surface area (Å²) in [6.45, 7) is 1.18. The molecule has 0 radical (unpaired) electrons. The molecule has 0 aliphatic carbocycles. The van der Waals surface area contributed by atoms with Crippen LogP contribution in [0.15, 0.2) is 29.3 Å². The molecule has 14 heteroatoms. The predicted molar refractivity (Wildman–Crippen MR) is 124 cm³/mol. The molecule has 36 heavy (non-hydrogen) atoms. The lowest BCUT2D eigenvalue weighted by atomic mass is 10.00. The summed E-state index contributed by atoms with van der Waals surface area (Å²) in [6, 6.07) is 3.96. The number of carbonyl (C=O) groups is 1. The molecule has 0 bridgehead atoms. The van der Waals surface area contributed by atoms with E-state index in [0.29, 0.717) is 37.0 Å². The van der Waals surface area contributed by atoms with Gasteiger partial charge in [0.25, 0.3) is 5.91 Å². The summed E-state index contributed by atoms with van der Waals surface area (Å²) in [7, 11) is -2.48. The van der Waals surface area contributed by atoms with Crippen LogP contribution in [0, 0.1) is 5.82 Å². The molecule has 2 aliphatic heterocycles. The number of nitrogens with zero attached hydrogens (tertiary/aromatic N) is 3. The number of hydrogen-bond donors (Lipinski definition) is 2. The van der Waals surface area contributed by atoms with Crippen LogP contribution in [0.2, 0.25) is 0 Å². The number of amides is 1. The fourth-order valence-corrected chi connectivity index (χ4v) is 7.10. The van der Waals surface area contributed by atoms with Gasteiger partial charge in [-0.05, 0) is 42.3 Å². The summed E-state index contributed by atoms with van der Waals surface area (Å²) in [5.41, 5.74) is -0.137. The highest BCUT2D eigenvalue weighted by Crippen LogP contribution is 2.42. The number of benzene rings is 1. The summed E-state index contributed by atoms with van der Waals surface area (Å²) in [4.78, 5) is 20.9. The maximum atomic E-state index is 14.7. The molecular weight excluding hydrogens is 522 g/mol. The van der Waals surface area contributed by atoms with Crippen LogP contribution >= 0.6 is 11.3 Å². The van der Waals surface area contributed by atoms with E-state index in [-0.39, 0.29) is 38.6 Å². The van der Waals surface area contributed by atoms with Crippen molar-refractivity contribution < 1.29 is 30.8 Å². The van der Waals surface area contributed by atoms with Crippen LogP contribution in [0.5, 0.6) is 0 Å². The molecule has 2 aromatic heterocycles. The first kappa shape index (κ1) is 24.6. The van der Waals surface area contributed by atoms with Gasteiger partial charge in [-0.1, -0.05) is 0 Å². The lowest BCUT2D eigenvalue weighted by molar-refractivity contribution is -0.137. The molecule has 0 fully saturated rings. The number of sulfone groups is 1. The fourth-order valence-electron chi connectivity index (χ4n) is 4.07. The molecular formula is C22H19F4N5O3S2. The van der Waals surface area contributed by atoms with E-state index in [2.05, 4.69) is 20.6 Å². The topological polar surface area (TPSA) is 104 Å². The number of carbonyl (C=O) groups excluding carboxylic acids is 1. The van der Waals surface area contributed by atoms with Crippen molar-refractivity contribution >= 4 is 38.7 Å². The average molecular weight is 542 g/mol. The van der Waals surface area contributed by atoms with E-state index in [1.807, 2.05) is 0 Å². The smallest absolute Gasteiger partial charge is 0.340 e. The van der Waals surface area contributed by atoms with Crippen molar-refractivity contribution in [2.75, 3.05) is 31.2 Å². The quantitative estimate of drug-likeness (QED) is 0.489. The molecule has 0 spiro atoms. The standard InChI is InChI=1S/C22H19F4N5O3S2/c1-31-4-5-36(33,34)17-8-16(35-19(17)20(31)32)18-13(22(24,25)26)10-28-21(30-18)29-15-7-11-2-3-27-9-12(11)6-14(15)23/h6-8,10,27H,2-5,9H2,1H3,(H,28,29,30). The van der Waals surface area contributed by atoms with Crippen LogP contribution in [0.4, 0.5) is 29.2 Å². The Bertz CT molecular complexity index is 1490. The van der Waals surface area contributed by atoms with E-state index in [9.17, 15) is 30.8 Å². The second-order valence-electron chi connectivity index (χ2n) is 8.46. The summed E-state index contributed by atoms with van der Waals surface area (Å²) in [5, 5.41) is 5.77. The Kier molecular flexibility index (Phi) is 6.00. The van der Waals surface area contributed by atoms with E-state index >= 15 is 0 Å². The highest BCUT2D eigenvalue weighted by molar-refractivity contribution is 7.91. The van der Waals surface area contributed by atoms with Crippen LogP contribution in [-0.2, 0) is 29.0 Å². The van der Waals surface area contributed by atoms with Gasteiger partial charge in [0.15, 0.2) is 9.84 Å². The van der Waals surface area contributed by atoms with Gasteiger partial charge in [0.05, 0.1) is 26.9 Å². The Morgan fingerprint density at radius 1 is 1.19 bits per heavy atom. The zero-order valence-electron chi connectivity index (χ0n) is 18.7. The molecule has 8 nitrogen and oxygen atoms in total. The van der Waals surface area contributed by atoms with Gasteiger partial charge in [0.1, 0.15) is 16.3 Å². The van der Waals surface area contributed by atoms with Gasteiger partial charge in [0.2, 0.25) is 5.95 Å². The molecule has 1 amide bonds. The maximum Gasteiger partial charge on any atom is 0.420 e. The van der Waals surface area contributed by atoms with Crippen LogP contribution in [-0.4, -0.2) is 55.1 Å². The van der Waals surface area contributed by atoms with Crippen LogP contribution in [0.3, 0.4) is 0 Å². The van der Waals surface area contributed by atoms with Gasteiger partial charge in [0, 0.05) is 26.3 Å². The van der Waals surface area contributed by atoms with Crippen molar-refractivity contribution in [3.8, 4) is 10.6 Å². The van der Waals surface area contributed by atoms with Crippen molar-refractivity contribution in [3.63, 3.8) is 0 Å². The third-order valence-electron chi connectivity index (χ3n) is 6.02. The van der Waals surface area contributed by atoms with Crippen molar-refractivity contribution in [3.05, 3.63) is 51.8 Å². The Balaban J connectivity index is 1.60. The molecule has 3 aromatic rings. The van der Waals surface area contributed by atoms with Crippen molar-refractivity contribution in [1.29, 1.82) is 0 Å². The number of aromatic nitrogens is 2. The Labute approximate surface area is 207 Å². The molecule has 0 atom stereocenters. The first-order valence-corrected chi connectivity index (χ1v) is 13.3. The summed E-state index contributed by atoms with van der Waals surface area (Å²) >= 11 is 0.613. The van der Waals surface area contributed by atoms with Crippen molar-refractivity contribution in [2.45, 2.75) is 24.0 Å². The first-order chi connectivity index (χ1) is 16.9. The number of hydrogen-bond acceptors (Lipinski definition) is 8. The number of alkyl halides is 3. The Hall–Kier alpha value is -3.10. The van der Waals surface area contributed by atoms with E-state index in [0.717, 1.165) is 17.2 Å². The number of fused-ring (bicyclic) bond motifs is 2. The van der Waals surface area contributed by atoms with Gasteiger partial charge in [-0.3, -0.25) is 4.79 Å². The van der Waals surface area contributed by atoms with E-state index in [4.69, 9.17) is 0 Å². The van der Waals surface area contributed by atoms with E-state index in [1.165, 1.54) is 18.0 Å². The number of nitrogens with one attached hydrogen (secondary N) is 2. The molecule has 0 saturated heterocycles. The van der Waals surface area contributed by atoms with Gasteiger partial charge in [-0.15, -0.1) is 11.3 Å². The third-order valence-corrected chi connectivity index (χ3v) is 8.99. The highest BCUT2D eigenvalue weighted by Gasteiger charge is 2.38. The number of halogens is 4. The van der Waals surface area contributed by atoms with Crippen molar-refractivity contribution in [1.82, 2.24) is 20.2 Å². The average Bonchev–Trinajstić information content (AvgIpc) is 3.25. The predicted octanol–water partition coefficient (Wildman–Crippen LogP) is 3.61. The minimum Gasteiger partial charge on any atom is -0.340 e. The van der Waals surface area contributed by atoms with Crippen LogP contribution in [0.1, 0.15) is 26.4 Å². The Morgan fingerprint density at radius 2 is 1.97 bits per heavy atom. The second kappa shape index (κ2) is 8.78. The lowest BCUT2D eigenvalue weighted by Crippen LogP contribution is -2.27. The normalized spacial score (nSPS) is 17.4. The molecule has 0 unspecified atom stereocenters. The number of anilines is 2. The van der Waals surface area contributed by atoms with Gasteiger partial charge in [-0.2, -0.15) is 13.2 Å². The van der Waals surface area contributed by atoms with E-state index < -0.39 is 39.0 Å². The molecule has 0 saturated carbocycles. The first-order valence-electron chi connectivity index (χ1n) is 10.8. The van der Waals surface area contributed by atoms with Gasteiger partial charge < -0.3 is 15.5 Å². The molecule has 4 heterocycles. The second-order valence-corrected chi connectivity index (χ2v) is 11.6. The minimum atomic E-state index is -4.86. The summed E-state index contributed by atoms with van der Waals surface area (Å²) in [6.07, 6.45) is -3.65. The largest absolute Gasteiger partial charge is 0.420 e. The zero-order valence-corrected chi connectivity index (χ0v) is 20.4. The van der Waals surface area contributed by atoms with Gasteiger partial charge in [-0.25, -0.2) is 22.8 Å². The molecule has 2 N–H and O–H groups in total. The maximum absolute atomic E-state index is 14.7. The fraction of sp³-hybridized carbons (Fsp3) is 0.318. The van der Waals surface area contributed by atoms with Crippen LogP contribution < -0.4 is 10.6 Å². The minimum absolute atomic E-state index is 0.00250. The van der Waals surface area contributed by atoms with Gasteiger partial charge >= 0.3 is 6.18 Å². The number of rotatable bonds is 3. The van der Waals surface area contributed by atoms with Crippen LogP contribution in [0.25, 0.3) is 10.6 Å². The number of thiophene rings is 1. The molecule has 190 valence electrons. The van der Waals surface area contributed by atoms with E-state index in [1.54, 1.807) is 6.07 Å². The third kappa shape index (κ3) is 4.44. The molecule has 2 aliphatic rings. The SMILES string of the molecule is CN1CCS(=O)(=O)c2cc(-c3nc(Nc4cc5c(cc4F)CNCC5)ncc3C(F)(F)F)sc2C1=O.